The second-order valence-electron chi connectivity index (χ2n) is 4.07. The van der Waals surface area contributed by atoms with Crippen molar-refractivity contribution in [3.63, 3.8) is 0 Å². The van der Waals surface area contributed by atoms with Gasteiger partial charge in [0.25, 0.3) is 0 Å². The Hall–Kier alpha value is -2.36. The molecule has 1 heterocycles. The third kappa shape index (κ3) is 3.07. The number of carbonyl (C=O) groups excluding carboxylic acids is 1. The maximum Gasteiger partial charge on any atom is 0.338 e. The van der Waals surface area contributed by atoms with E-state index in [9.17, 15) is 4.79 Å². The summed E-state index contributed by atoms with van der Waals surface area (Å²) >= 11 is 0. The largest absolute Gasteiger partial charge is 0.457 e. The number of esters is 1. The minimum atomic E-state index is -0.364. The van der Waals surface area contributed by atoms with Gasteiger partial charge in [0, 0.05) is 23.6 Å². The van der Waals surface area contributed by atoms with Gasteiger partial charge in [-0.3, -0.25) is 4.98 Å². The first kappa shape index (κ1) is 12.1. The van der Waals surface area contributed by atoms with E-state index in [4.69, 9.17) is 10.5 Å². The number of rotatable bonds is 3. The first-order chi connectivity index (χ1) is 8.65. The fraction of sp³-hybridized carbons (Fsp3) is 0.143. The topological polar surface area (TPSA) is 65.2 Å². The van der Waals surface area contributed by atoms with Crippen LogP contribution in [0.4, 0.5) is 5.69 Å². The fourth-order valence-corrected chi connectivity index (χ4v) is 1.55. The lowest BCUT2D eigenvalue weighted by molar-refractivity contribution is 0.0472. The van der Waals surface area contributed by atoms with Gasteiger partial charge in [-0.15, -0.1) is 0 Å². The van der Waals surface area contributed by atoms with Crippen molar-refractivity contribution in [2.24, 2.45) is 0 Å². The monoisotopic (exact) mass is 242 g/mol. The highest BCUT2D eigenvalue weighted by atomic mass is 16.5. The molecule has 2 rings (SSSR count). The molecule has 0 aliphatic carbocycles. The second-order valence-corrected chi connectivity index (χ2v) is 4.07. The summed E-state index contributed by atoms with van der Waals surface area (Å²) in [5.41, 5.74) is 8.57. The maximum absolute atomic E-state index is 11.7. The number of nitrogens with two attached hydrogens (primary N) is 1. The Morgan fingerprint density at radius 2 is 2.00 bits per heavy atom. The van der Waals surface area contributed by atoms with Crippen LogP contribution in [0.25, 0.3) is 0 Å². The minimum Gasteiger partial charge on any atom is -0.457 e. The molecular formula is C14H14N2O2. The van der Waals surface area contributed by atoms with Crippen molar-refractivity contribution in [1.82, 2.24) is 4.98 Å². The van der Waals surface area contributed by atoms with Gasteiger partial charge in [0.2, 0.25) is 0 Å². The van der Waals surface area contributed by atoms with Crippen molar-refractivity contribution in [2.45, 2.75) is 13.5 Å². The summed E-state index contributed by atoms with van der Waals surface area (Å²) in [4.78, 5) is 15.8. The molecule has 2 aromatic rings. The Morgan fingerprint density at radius 1 is 1.28 bits per heavy atom. The lowest BCUT2D eigenvalue weighted by atomic mass is 10.2. The molecule has 0 radical (unpaired) electrons. The van der Waals surface area contributed by atoms with Crippen LogP contribution < -0.4 is 5.73 Å². The molecule has 0 aliphatic rings. The van der Waals surface area contributed by atoms with E-state index in [0.717, 1.165) is 11.1 Å². The summed E-state index contributed by atoms with van der Waals surface area (Å²) in [5, 5.41) is 0. The van der Waals surface area contributed by atoms with Crippen molar-refractivity contribution < 1.29 is 9.53 Å². The maximum atomic E-state index is 11.7. The Bertz CT molecular complexity index is 550. The lowest BCUT2D eigenvalue weighted by Gasteiger charge is -2.05. The van der Waals surface area contributed by atoms with Gasteiger partial charge in [-0.25, -0.2) is 4.79 Å². The van der Waals surface area contributed by atoms with E-state index in [0.29, 0.717) is 11.3 Å². The molecule has 0 aliphatic heterocycles. The Labute approximate surface area is 105 Å². The molecule has 0 unspecified atom stereocenters. The van der Waals surface area contributed by atoms with E-state index in [2.05, 4.69) is 4.98 Å². The van der Waals surface area contributed by atoms with Gasteiger partial charge >= 0.3 is 5.97 Å². The van der Waals surface area contributed by atoms with Crippen LogP contribution in [0.15, 0.2) is 42.7 Å². The molecular weight excluding hydrogens is 228 g/mol. The zero-order valence-electron chi connectivity index (χ0n) is 10.1. The number of aryl methyl sites for hydroxylation is 1. The third-order valence-electron chi connectivity index (χ3n) is 2.45. The number of hydrogen-bond donors (Lipinski definition) is 1. The molecule has 1 aromatic heterocycles. The zero-order chi connectivity index (χ0) is 13.0. The first-order valence-corrected chi connectivity index (χ1v) is 5.58. The smallest absolute Gasteiger partial charge is 0.338 e. The van der Waals surface area contributed by atoms with Crippen LogP contribution in [0.2, 0.25) is 0 Å². The summed E-state index contributed by atoms with van der Waals surface area (Å²) in [5.74, 6) is -0.364. The van der Waals surface area contributed by atoms with Gasteiger partial charge in [0.15, 0.2) is 0 Å². The summed E-state index contributed by atoms with van der Waals surface area (Å²) in [6.07, 6.45) is 3.44. The zero-order valence-corrected chi connectivity index (χ0v) is 10.1. The molecule has 0 spiro atoms. The molecule has 0 atom stereocenters. The highest BCUT2D eigenvalue weighted by Crippen LogP contribution is 2.09. The van der Waals surface area contributed by atoms with Crippen LogP contribution in [0, 0.1) is 6.92 Å². The normalized spacial score (nSPS) is 10.1. The predicted molar refractivity (Wildman–Crippen MR) is 68.9 cm³/mol. The standard InChI is InChI=1S/C14H14N2O2/c1-10-6-11(8-16-7-10)9-18-14(17)12-2-4-13(15)5-3-12/h2-8H,9,15H2,1H3. The van der Waals surface area contributed by atoms with Crippen LogP contribution in [-0.4, -0.2) is 11.0 Å². The number of carbonyl (C=O) groups is 1. The van der Waals surface area contributed by atoms with Gasteiger partial charge in [-0.1, -0.05) is 0 Å². The molecule has 0 saturated carbocycles. The summed E-state index contributed by atoms with van der Waals surface area (Å²) in [7, 11) is 0. The number of pyridine rings is 1. The molecule has 18 heavy (non-hydrogen) atoms. The van der Waals surface area contributed by atoms with Crippen LogP contribution in [0.5, 0.6) is 0 Å². The van der Waals surface area contributed by atoms with Crippen molar-refractivity contribution in [1.29, 1.82) is 0 Å². The number of benzene rings is 1. The number of ether oxygens (including phenoxy) is 1. The average molecular weight is 242 g/mol. The molecule has 4 nitrogen and oxygen atoms in total. The molecule has 2 N–H and O–H groups in total. The van der Waals surface area contributed by atoms with Gasteiger partial charge in [0.1, 0.15) is 6.61 Å². The third-order valence-corrected chi connectivity index (χ3v) is 2.45. The van der Waals surface area contributed by atoms with Crippen LogP contribution in [0.3, 0.4) is 0 Å². The molecule has 0 amide bonds. The Morgan fingerprint density at radius 3 is 2.67 bits per heavy atom. The second kappa shape index (κ2) is 5.31. The van der Waals surface area contributed by atoms with Crippen LogP contribution >= 0.6 is 0 Å². The molecule has 4 heteroatoms. The number of nitrogens with zero attached hydrogens (tertiary/aromatic N) is 1. The van der Waals surface area contributed by atoms with Gasteiger partial charge in [-0.2, -0.15) is 0 Å². The van der Waals surface area contributed by atoms with Gasteiger partial charge in [-0.05, 0) is 42.8 Å². The number of aromatic nitrogens is 1. The lowest BCUT2D eigenvalue weighted by Crippen LogP contribution is -2.05. The van der Waals surface area contributed by atoms with Crippen molar-refractivity contribution >= 4 is 11.7 Å². The van der Waals surface area contributed by atoms with Crippen molar-refractivity contribution in [3.8, 4) is 0 Å². The molecule has 0 bridgehead atoms. The fourth-order valence-electron chi connectivity index (χ4n) is 1.55. The molecule has 1 aromatic carbocycles. The first-order valence-electron chi connectivity index (χ1n) is 5.58. The molecule has 0 saturated heterocycles. The predicted octanol–water partition coefficient (Wildman–Crippen LogP) is 2.33. The van der Waals surface area contributed by atoms with E-state index in [1.807, 2.05) is 13.0 Å². The SMILES string of the molecule is Cc1cncc(COC(=O)c2ccc(N)cc2)c1. The van der Waals surface area contributed by atoms with E-state index in [1.165, 1.54) is 0 Å². The van der Waals surface area contributed by atoms with E-state index >= 15 is 0 Å². The van der Waals surface area contributed by atoms with Gasteiger partial charge in [0.05, 0.1) is 5.56 Å². The molecule has 0 fully saturated rings. The molecule has 92 valence electrons. The highest BCUT2D eigenvalue weighted by Gasteiger charge is 2.06. The summed E-state index contributed by atoms with van der Waals surface area (Å²) in [6, 6.07) is 8.57. The highest BCUT2D eigenvalue weighted by molar-refractivity contribution is 5.89. The Kier molecular flexibility index (Phi) is 3.57. The van der Waals surface area contributed by atoms with Crippen LogP contribution in [0.1, 0.15) is 21.5 Å². The van der Waals surface area contributed by atoms with Crippen molar-refractivity contribution in [2.75, 3.05) is 5.73 Å². The van der Waals surface area contributed by atoms with Gasteiger partial charge < -0.3 is 10.5 Å². The number of anilines is 1. The van der Waals surface area contributed by atoms with Crippen molar-refractivity contribution in [3.05, 3.63) is 59.4 Å². The quantitative estimate of drug-likeness (QED) is 0.662. The number of nitrogen functional groups attached to an aromatic ring is 1. The summed E-state index contributed by atoms with van der Waals surface area (Å²) < 4.78 is 5.19. The average Bonchev–Trinajstić information content (AvgIpc) is 2.37. The minimum absolute atomic E-state index is 0.220. The Balaban J connectivity index is 1.98. The summed E-state index contributed by atoms with van der Waals surface area (Å²) in [6.45, 7) is 2.16. The van der Waals surface area contributed by atoms with E-state index in [-0.39, 0.29) is 12.6 Å². The van der Waals surface area contributed by atoms with E-state index < -0.39 is 0 Å². The number of hydrogen-bond acceptors (Lipinski definition) is 4. The van der Waals surface area contributed by atoms with E-state index in [1.54, 1.807) is 36.7 Å². The van der Waals surface area contributed by atoms with Crippen LogP contribution in [-0.2, 0) is 11.3 Å².